The van der Waals surface area contributed by atoms with Crippen molar-refractivity contribution in [2.75, 3.05) is 31.7 Å². The molecule has 3 aromatic rings. The lowest BCUT2D eigenvalue weighted by Crippen LogP contribution is -2.68. The van der Waals surface area contributed by atoms with E-state index >= 15 is 0 Å². The van der Waals surface area contributed by atoms with Crippen molar-refractivity contribution >= 4 is 22.2 Å². The number of aromatic nitrogens is 4. The van der Waals surface area contributed by atoms with Crippen LogP contribution in [0.3, 0.4) is 0 Å². The summed E-state index contributed by atoms with van der Waals surface area (Å²) in [6.45, 7) is 4.74. The Balaban J connectivity index is 1.31. The van der Waals surface area contributed by atoms with Gasteiger partial charge < -0.3 is 25.8 Å². The first kappa shape index (κ1) is 23.2. The Morgan fingerprint density at radius 3 is 2.71 bits per heavy atom. The molecule has 12 heteroatoms. The van der Waals surface area contributed by atoms with Gasteiger partial charge in [0, 0.05) is 49.7 Å². The molecule has 35 heavy (non-hydrogen) atoms. The van der Waals surface area contributed by atoms with Crippen LogP contribution in [0.25, 0.3) is 16.3 Å². The Kier molecular flexibility index (Phi) is 6.39. The van der Waals surface area contributed by atoms with Crippen molar-refractivity contribution in [1.29, 1.82) is 0 Å². The van der Waals surface area contributed by atoms with Gasteiger partial charge in [0.1, 0.15) is 5.75 Å². The fourth-order valence-electron chi connectivity index (χ4n) is 4.63. The molecule has 10 nitrogen and oxygen atoms in total. The normalized spacial score (nSPS) is 20.0. The molecule has 3 fully saturated rings. The summed E-state index contributed by atoms with van der Waals surface area (Å²) < 4.78 is 24.6. The van der Waals surface area contributed by atoms with Gasteiger partial charge in [-0.1, -0.05) is 11.3 Å². The number of hydrogen-bond acceptors (Lipinski definition) is 11. The highest BCUT2D eigenvalue weighted by Gasteiger charge is 2.45. The molecule has 6 rings (SSSR count). The molecule has 2 atom stereocenters. The molecule has 3 saturated heterocycles. The predicted molar refractivity (Wildman–Crippen MR) is 131 cm³/mol. The van der Waals surface area contributed by atoms with Gasteiger partial charge in [0.25, 0.3) is 0 Å². The van der Waals surface area contributed by atoms with E-state index in [0.717, 1.165) is 35.8 Å². The molecular weight excluding hydrogens is 471 g/mol. The van der Waals surface area contributed by atoms with Crippen molar-refractivity contribution in [1.82, 2.24) is 25.1 Å². The minimum Gasteiger partial charge on any atom is -0.492 e. The van der Waals surface area contributed by atoms with E-state index in [4.69, 9.17) is 20.9 Å². The summed E-state index contributed by atoms with van der Waals surface area (Å²) in [6, 6.07) is 4.09. The molecule has 2 bridgehead atoms. The van der Waals surface area contributed by atoms with Crippen molar-refractivity contribution < 1.29 is 13.9 Å². The highest BCUT2D eigenvalue weighted by atomic mass is 32.1. The zero-order valence-electron chi connectivity index (χ0n) is 19.5. The number of nitrogens with two attached hydrogens (primary N) is 2. The van der Waals surface area contributed by atoms with Crippen LogP contribution in [0.4, 0.5) is 9.52 Å². The lowest BCUT2D eigenvalue weighted by atomic mass is 9.87. The molecule has 0 amide bonds. The monoisotopic (exact) mass is 498 g/mol. The zero-order valence-corrected chi connectivity index (χ0v) is 20.3. The first-order valence-electron chi connectivity index (χ1n) is 11.3. The van der Waals surface area contributed by atoms with Crippen LogP contribution < -0.4 is 25.8 Å². The fraction of sp³-hybridized carbons (Fsp3) is 0.391. The summed E-state index contributed by atoms with van der Waals surface area (Å²) in [5.74, 6) is 0.211. The minimum absolute atomic E-state index is 0.0182. The van der Waals surface area contributed by atoms with Gasteiger partial charge in [0.15, 0.2) is 10.8 Å². The molecule has 3 aromatic heterocycles. The molecule has 3 aliphatic rings. The van der Waals surface area contributed by atoms with E-state index in [1.165, 1.54) is 30.7 Å². The number of hydrogen-bond donors (Lipinski definition) is 2. The number of halogens is 1. The fourth-order valence-corrected chi connectivity index (χ4v) is 5.51. The molecule has 0 radical (unpaired) electrons. The van der Waals surface area contributed by atoms with Gasteiger partial charge in [-0.05, 0) is 31.0 Å². The topological polar surface area (TPSA) is 129 Å². The lowest BCUT2D eigenvalue weighted by Gasteiger charge is -2.56. The van der Waals surface area contributed by atoms with Crippen molar-refractivity contribution in [3.63, 3.8) is 0 Å². The van der Waals surface area contributed by atoms with Gasteiger partial charge in [-0.3, -0.25) is 9.88 Å². The Morgan fingerprint density at radius 2 is 2.03 bits per heavy atom. The van der Waals surface area contributed by atoms with E-state index in [1.807, 2.05) is 13.0 Å². The number of ether oxygens (including phenoxy) is 2. The maximum Gasteiger partial charge on any atom is 0.250 e. The van der Waals surface area contributed by atoms with Crippen LogP contribution in [-0.4, -0.2) is 64.0 Å². The third-order valence-electron chi connectivity index (χ3n) is 6.31. The third kappa shape index (κ3) is 4.46. The molecule has 0 aliphatic carbocycles. The quantitative estimate of drug-likeness (QED) is 0.477. The van der Waals surface area contributed by atoms with E-state index in [2.05, 4.69) is 30.0 Å². The Bertz CT molecular complexity index is 1240. The third-order valence-corrected chi connectivity index (χ3v) is 7.33. The number of anilines is 1. The van der Waals surface area contributed by atoms with Crippen LogP contribution in [0, 0.1) is 5.82 Å². The maximum atomic E-state index is 14.0. The van der Waals surface area contributed by atoms with Crippen LogP contribution in [0.2, 0.25) is 0 Å². The number of piperazine rings is 1. The lowest BCUT2D eigenvalue weighted by molar-refractivity contribution is -0.00863. The number of methoxy groups -OCH3 is 1. The molecule has 0 saturated carbocycles. The van der Waals surface area contributed by atoms with E-state index in [-0.39, 0.29) is 5.88 Å². The van der Waals surface area contributed by atoms with Crippen LogP contribution in [0.5, 0.6) is 11.6 Å². The van der Waals surface area contributed by atoms with Crippen molar-refractivity contribution in [3.8, 4) is 22.2 Å². The van der Waals surface area contributed by atoms with Crippen LogP contribution >= 0.6 is 11.3 Å². The summed E-state index contributed by atoms with van der Waals surface area (Å²) in [6.07, 6.45) is 5.73. The molecule has 0 aromatic carbocycles. The second-order valence-electron chi connectivity index (χ2n) is 8.47. The molecule has 3 aliphatic heterocycles. The smallest absolute Gasteiger partial charge is 0.250 e. The maximum absolute atomic E-state index is 14.0. The van der Waals surface area contributed by atoms with E-state index in [1.54, 1.807) is 12.4 Å². The van der Waals surface area contributed by atoms with Gasteiger partial charge in [-0.2, -0.15) is 0 Å². The Hall–Kier alpha value is -3.51. The van der Waals surface area contributed by atoms with E-state index < -0.39 is 5.82 Å². The summed E-state index contributed by atoms with van der Waals surface area (Å²) in [7, 11) is 1.41. The first-order chi connectivity index (χ1) is 17.0. The first-order valence-corrected chi connectivity index (χ1v) is 12.2. The van der Waals surface area contributed by atoms with Gasteiger partial charge in [0.2, 0.25) is 11.0 Å². The second kappa shape index (κ2) is 9.62. The van der Waals surface area contributed by atoms with E-state index in [0.29, 0.717) is 47.4 Å². The van der Waals surface area contributed by atoms with Crippen molar-refractivity contribution in [2.45, 2.75) is 32.0 Å². The summed E-state index contributed by atoms with van der Waals surface area (Å²) in [5, 5.41) is 10.4. The number of pyridine rings is 2. The van der Waals surface area contributed by atoms with Gasteiger partial charge in [0.05, 0.1) is 31.3 Å². The number of rotatable bonds is 8. The van der Waals surface area contributed by atoms with Crippen molar-refractivity contribution in [2.24, 2.45) is 11.5 Å². The molecule has 184 valence electrons. The second-order valence-corrected chi connectivity index (χ2v) is 9.42. The highest BCUT2D eigenvalue weighted by Crippen LogP contribution is 2.39. The average molecular weight is 499 g/mol. The molecular formula is C23H27FN8O2S. The number of fused-ring (bicyclic) bond motifs is 2. The molecule has 6 heterocycles. The summed E-state index contributed by atoms with van der Waals surface area (Å²) >= 11 is 1.49. The molecule has 0 spiro atoms. The van der Waals surface area contributed by atoms with Gasteiger partial charge in [-0.15, -0.1) is 10.2 Å². The highest BCUT2D eigenvalue weighted by molar-refractivity contribution is 7.18. The van der Waals surface area contributed by atoms with Gasteiger partial charge >= 0.3 is 0 Å². The van der Waals surface area contributed by atoms with Crippen LogP contribution in [0.15, 0.2) is 30.7 Å². The standard InChI is InChI=1S/C23H27FN8O2S/c1-3-34-16-6-17(20(27-9-16)19(26)7-25)22-29-30-23(35-22)31-11-14-5-15(12-31)32(14)10-13-4-18(24)21(33-2)28-8-13/h4,6-9,14-15H,3,5,10-12,25-26H2,1-2H3. The summed E-state index contributed by atoms with van der Waals surface area (Å²) in [5.41, 5.74) is 14.2. The minimum atomic E-state index is -0.439. The predicted octanol–water partition coefficient (Wildman–Crippen LogP) is 2.22. The SMILES string of the molecule is CCOc1cnc(C(N)=CN)c(-c2nnc(N3CC4CC(C3)N4Cc3cnc(OC)c(F)c3)s2)c1. The van der Waals surface area contributed by atoms with E-state index in [9.17, 15) is 4.39 Å². The molecule has 2 unspecified atom stereocenters. The Labute approximate surface area is 206 Å². The van der Waals surface area contributed by atoms with Crippen LogP contribution in [0.1, 0.15) is 24.6 Å². The summed E-state index contributed by atoms with van der Waals surface area (Å²) in [4.78, 5) is 13.1. The number of nitrogens with zero attached hydrogens (tertiary/aromatic N) is 6. The van der Waals surface area contributed by atoms with Crippen molar-refractivity contribution in [3.05, 3.63) is 47.8 Å². The zero-order chi connectivity index (χ0) is 24.5. The van der Waals surface area contributed by atoms with Crippen LogP contribution in [-0.2, 0) is 6.54 Å². The largest absolute Gasteiger partial charge is 0.492 e. The Morgan fingerprint density at radius 1 is 1.23 bits per heavy atom. The average Bonchev–Trinajstić information content (AvgIpc) is 3.37. The molecule has 4 N–H and O–H groups in total. The number of piperidine rings is 1. The van der Waals surface area contributed by atoms with Gasteiger partial charge in [-0.25, -0.2) is 9.37 Å².